The van der Waals surface area contributed by atoms with E-state index in [1.165, 1.54) is 13.2 Å². The Morgan fingerprint density at radius 1 is 1.53 bits per heavy atom. The van der Waals surface area contributed by atoms with Gasteiger partial charge in [0.05, 0.1) is 7.11 Å². The van der Waals surface area contributed by atoms with Crippen LogP contribution in [0.2, 0.25) is 0 Å². The molecule has 0 saturated heterocycles. The lowest BCUT2D eigenvalue weighted by Gasteiger charge is -2.00. The van der Waals surface area contributed by atoms with Crippen LogP contribution in [0, 0.1) is 6.92 Å². The molecule has 0 saturated carbocycles. The van der Waals surface area contributed by atoms with Crippen molar-refractivity contribution in [2.45, 2.75) is 6.92 Å². The molecule has 5 nitrogen and oxygen atoms in total. The number of aromatic carboxylic acids is 1. The van der Waals surface area contributed by atoms with Gasteiger partial charge < -0.3 is 14.3 Å². The van der Waals surface area contributed by atoms with Gasteiger partial charge in [0.25, 0.3) is 0 Å². The average Bonchev–Trinajstić information content (AvgIpc) is 2.55. The van der Waals surface area contributed by atoms with Crippen LogP contribution in [-0.4, -0.2) is 23.2 Å². The first kappa shape index (κ1) is 9.51. The first-order valence-electron chi connectivity index (χ1n) is 4.30. The average molecular weight is 207 g/mol. The minimum absolute atomic E-state index is 0.0601. The highest BCUT2D eigenvalue weighted by Gasteiger charge is 2.15. The molecule has 5 heteroatoms. The molecule has 2 aromatic rings. The topological polar surface area (TPSA) is 72.6 Å². The van der Waals surface area contributed by atoms with E-state index < -0.39 is 5.97 Å². The minimum Gasteiger partial charge on any atom is -0.497 e. The number of benzene rings is 1. The smallest absolute Gasteiger partial charge is 0.339 e. The number of carboxylic acid groups (broad SMARTS) is 1. The van der Waals surface area contributed by atoms with Gasteiger partial charge in [-0.25, -0.2) is 9.78 Å². The number of nitrogens with zero attached hydrogens (tertiary/aromatic N) is 1. The van der Waals surface area contributed by atoms with E-state index in [1.807, 2.05) is 0 Å². The van der Waals surface area contributed by atoms with Crippen LogP contribution in [-0.2, 0) is 0 Å². The van der Waals surface area contributed by atoms with Crippen LogP contribution in [0.4, 0.5) is 0 Å². The summed E-state index contributed by atoms with van der Waals surface area (Å²) >= 11 is 0. The van der Waals surface area contributed by atoms with Crippen LogP contribution in [0.3, 0.4) is 0 Å². The highest BCUT2D eigenvalue weighted by Crippen LogP contribution is 2.25. The third kappa shape index (κ3) is 1.52. The molecule has 0 unspecified atom stereocenters. The number of methoxy groups -OCH3 is 1. The number of aromatic nitrogens is 1. The summed E-state index contributed by atoms with van der Waals surface area (Å²) in [5, 5.41) is 8.97. The van der Waals surface area contributed by atoms with Crippen LogP contribution in [0.1, 0.15) is 16.2 Å². The molecule has 1 aromatic carbocycles. The normalized spacial score (nSPS) is 10.5. The fourth-order valence-electron chi connectivity index (χ4n) is 1.39. The molecule has 0 spiro atoms. The molecule has 0 radical (unpaired) electrons. The summed E-state index contributed by atoms with van der Waals surface area (Å²) in [4.78, 5) is 15.0. The van der Waals surface area contributed by atoms with E-state index in [4.69, 9.17) is 14.3 Å². The maximum absolute atomic E-state index is 10.9. The van der Waals surface area contributed by atoms with Gasteiger partial charge in [-0.15, -0.1) is 0 Å². The first-order valence-corrected chi connectivity index (χ1v) is 4.30. The predicted molar refractivity (Wildman–Crippen MR) is 52.3 cm³/mol. The lowest BCUT2D eigenvalue weighted by Crippen LogP contribution is -1.97. The predicted octanol–water partition coefficient (Wildman–Crippen LogP) is 1.84. The molecule has 0 amide bonds. The zero-order chi connectivity index (χ0) is 11.0. The van der Waals surface area contributed by atoms with Crippen molar-refractivity contribution in [1.82, 2.24) is 4.98 Å². The van der Waals surface area contributed by atoms with Crippen LogP contribution >= 0.6 is 0 Å². The van der Waals surface area contributed by atoms with Gasteiger partial charge in [0.15, 0.2) is 11.5 Å². The van der Waals surface area contributed by atoms with Crippen LogP contribution in [0.25, 0.3) is 11.1 Å². The van der Waals surface area contributed by atoms with Gasteiger partial charge in [0, 0.05) is 13.0 Å². The largest absolute Gasteiger partial charge is 0.497 e. The van der Waals surface area contributed by atoms with Crippen molar-refractivity contribution in [3.8, 4) is 5.75 Å². The van der Waals surface area contributed by atoms with Crippen molar-refractivity contribution in [2.75, 3.05) is 7.11 Å². The molecular weight excluding hydrogens is 198 g/mol. The SMILES string of the molecule is COc1cc(C(=O)O)c2oc(C)nc2c1. The first-order chi connectivity index (χ1) is 7.11. The maximum atomic E-state index is 10.9. The molecule has 15 heavy (non-hydrogen) atoms. The lowest BCUT2D eigenvalue weighted by atomic mass is 10.2. The van der Waals surface area contributed by atoms with Gasteiger partial charge in [-0.2, -0.15) is 0 Å². The maximum Gasteiger partial charge on any atom is 0.339 e. The van der Waals surface area contributed by atoms with Gasteiger partial charge in [0.1, 0.15) is 16.8 Å². The number of carbonyl (C=O) groups is 1. The Labute approximate surface area is 85.3 Å². The molecule has 1 N–H and O–H groups in total. The zero-order valence-electron chi connectivity index (χ0n) is 8.27. The van der Waals surface area contributed by atoms with Gasteiger partial charge in [-0.05, 0) is 6.07 Å². The Morgan fingerprint density at radius 2 is 2.27 bits per heavy atom. The Balaban J connectivity index is 2.79. The highest BCUT2D eigenvalue weighted by atomic mass is 16.5. The van der Waals surface area contributed by atoms with Gasteiger partial charge in [0.2, 0.25) is 0 Å². The molecule has 0 aliphatic rings. The summed E-state index contributed by atoms with van der Waals surface area (Å²) in [6, 6.07) is 3.05. The van der Waals surface area contributed by atoms with Crippen molar-refractivity contribution in [2.24, 2.45) is 0 Å². The Morgan fingerprint density at radius 3 is 2.87 bits per heavy atom. The van der Waals surface area contributed by atoms with E-state index in [0.29, 0.717) is 17.2 Å². The molecule has 0 aliphatic heterocycles. The molecule has 78 valence electrons. The molecule has 0 aliphatic carbocycles. The van der Waals surface area contributed by atoms with E-state index in [-0.39, 0.29) is 11.1 Å². The standard InChI is InChI=1S/C10H9NO4/c1-5-11-8-4-6(14-2)3-7(10(12)13)9(8)15-5/h3-4H,1-2H3,(H,12,13). The van der Waals surface area contributed by atoms with Crippen molar-refractivity contribution < 1.29 is 19.1 Å². The summed E-state index contributed by atoms with van der Waals surface area (Å²) in [6.07, 6.45) is 0. The van der Waals surface area contributed by atoms with E-state index in [9.17, 15) is 4.79 Å². The molecule has 2 rings (SSSR count). The molecular formula is C10H9NO4. The van der Waals surface area contributed by atoms with E-state index in [0.717, 1.165) is 0 Å². The minimum atomic E-state index is -1.06. The number of ether oxygens (including phenoxy) is 1. The molecule has 0 bridgehead atoms. The van der Waals surface area contributed by atoms with Crippen molar-refractivity contribution >= 4 is 17.1 Å². The molecule has 1 heterocycles. The summed E-state index contributed by atoms with van der Waals surface area (Å²) < 4.78 is 10.2. The Hall–Kier alpha value is -2.04. The van der Waals surface area contributed by atoms with Gasteiger partial charge in [-0.1, -0.05) is 0 Å². The monoisotopic (exact) mass is 207 g/mol. The number of fused-ring (bicyclic) bond motifs is 1. The van der Waals surface area contributed by atoms with Crippen LogP contribution in [0.15, 0.2) is 16.5 Å². The van der Waals surface area contributed by atoms with Gasteiger partial charge >= 0.3 is 5.97 Å². The number of hydrogen-bond acceptors (Lipinski definition) is 4. The lowest BCUT2D eigenvalue weighted by molar-refractivity contribution is 0.0697. The second-order valence-electron chi connectivity index (χ2n) is 3.06. The van der Waals surface area contributed by atoms with Crippen molar-refractivity contribution in [3.05, 3.63) is 23.6 Å². The fraction of sp³-hybridized carbons (Fsp3) is 0.200. The second-order valence-corrected chi connectivity index (χ2v) is 3.06. The molecule has 0 fully saturated rings. The summed E-state index contributed by atoms with van der Waals surface area (Å²) in [5.74, 6) is -0.177. The number of hydrogen-bond donors (Lipinski definition) is 1. The fourth-order valence-corrected chi connectivity index (χ4v) is 1.39. The zero-order valence-corrected chi connectivity index (χ0v) is 8.27. The number of aryl methyl sites for hydroxylation is 1. The van der Waals surface area contributed by atoms with Gasteiger partial charge in [-0.3, -0.25) is 0 Å². The Kier molecular flexibility index (Phi) is 2.07. The number of oxazole rings is 1. The third-order valence-corrected chi connectivity index (χ3v) is 2.04. The summed E-state index contributed by atoms with van der Waals surface area (Å²) in [7, 11) is 1.47. The van der Waals surface area contributed by atoms with Crippen molar-refractivity contribution in [3.63, 3.8) is 0 Å². The Bertz CT molecular complexity index is 529. The highest BCUT2D eigenvalue weighted by molar-refractivity contribution is 6.00. The second kappa shape index (κ2) is 3.27. The van der Waals surface area contributed by atoms with E-state index in [1.54, 1.807) is 13.0 Å². The summed E-state index contributed by atoms with van der Waals surface area (Å²) in [5.41, 5.74) is 0.829. The van der Waals surface area contributed by atoms with Crippen LogP contribution in [0.5, 0.6) is 5.75 Å². The van der Waals surface area contributed by atoms with Crippen LogP contribution < -0.4 is 4.74 Å². The molecule has 1 aromatic heterocycles. The number of rotatable bonds is 2. The summed E-state index contributed by atoms with van der Waals surface area (Å²) in [6.45, 7) is 1.66. The van der Waals surface area contributed by atoms with E-state index >= 15 is 0 Å². The third-order valence-electron chi connectivity index (χ3n) is 2.04. The van der Waals surface area contributed by atoms with E-state index in [2.05, 4.69) is 4.98 Å². The molecule has 0 atom stereocenters. The number of carboxylic acids is 1. The quantitative estimate of drug-likeness (QED) is 0.813. The van der Waals surface area contributed by atoms with Crippen molar-refractivity contribution in [1.29, 1.82) is 0 Å².